The molecule has 1 aliphatic carbocycles. The van der Waals surface area contributed by atoms with E-state index in [-0.39, 0.29) is 10.7 Å². The van der Waals surface area contributed by atoms with Crippen molar-refractivity contribution in [3.63, 3.8) is 0 Å². The number of carbonyl (C=O) groups is 1. The van der Waals surface area contributed by atoms with E-state index in [0.29, 0.717) is 17.4 Å². The van der Waals surface area contributed by atoms with Gasteiger partial charge in [-0.1, -0.05) is 6.07 Å². The van der Waals surface area contributed by atoms with Crippen molar-refractivity contribution < 1.29 is 13.2 Å². The summed E-state index contributed by atoms with van der Waals surface area (Å²) in [7, 11) is -3.81. The lowest BCUT2D eigenvalue weighted by molar-refractivity contribution is 0.101. The van der Waals surface area contributed by atoms with Gasteiger partial charge in [0.25, 0.3) is 5.91 Å². The molecule has 1 amide bonds. The number of primary sulfonamides is 1. The van der Waals surface area contributed by atoms with Crippen LogP contribution in [0.1, 0.15) is 35.2 Å². The summed E-state index contributed by atoms with van der Waals surface area (Å²) < 4.78 is 22.5. The summed E-state index contributed by atoms with van der Waals surface area (Å²) in [5.41, 5.74) is 0.310. The van der Waals surface area contributed by atoms with Gasteiger partial charge in [-0.3, -0.25) is 9.89 Å². The van der Waals surface area contributed by atoms with Crippen molar-refractivity contribution in [2.24, 2.45) is 5.14 Å². The van der Waals surface area contributed by atoms with E-state index in [9.17, 15) is 13.2 Å². The first-order chi connectivity index (χ1) is 9.93. The molecule has 1 heterocycles. The third-order valence-electron chi connectivity index (χ3n) is 3.09. The molecule has 9 heteroatoms. The number of anilines is 1. The van der Waals surface area contributed by atoms with Crippen LogP contribution in [0.5, 0.6) is 0 Å². The highest BCUT2D eigenvalue weighted by Gasteiger charge is 2.28. The van der Waals surface area contributed by atoms with Crippen LogP contribution in [0, 0.1) is 0 Å². The predicted molar refractivity (Wildman–Crippen MR) is 74.1 cm³/mol. The minimum atomic E-state index is -3.81. The number of hydrogen-bond donors (Lipinski definition) is 3. The largest absolute Gasteiger partial charge is 0.319 e. The summed E-state index contributed by atoms with van der Waals surface area (Å²) in [6.07, 6.45) is 2.10. The van der Waals surface area contributed by atoms with E-state index in [0.717, 1.165) is 12.8 Å². The van der Waals surface area contributed by atoms with Crippen LogP contribution >= 0.6 is 0 Å². The zero-order chi connectivity index (χ0) is 15.0. The van der Waals surface area contributed by atoms with Gasteiger partial charge in [0.15, 0.2) is 0 Å². The fraction of sp³-hybridized carbons (Fsp3) is 0.250. The molecule has 0 spiro atoms. The van der Waals surface area contributed by atoms with Crippen LogP contribution in [0.4, 0.5) is 5.69 Å². The molecule has 1 saturated carbocycles. The molecule has 0 aliphatic heterocycles. The van der Waals surface area contributed by atoms with E-state index in [1.807, 2.05) is 0 Å². The standard InChI is InChI=1S/C12H13N5O3S/c13-21(19,20)9-3-1-2-8(6-9)14-12(18)11-15-10(16-17-11)7-4-5-7/h1-3,6-7H,4-5H2,(H,14,18)(H2,13,19,20)(H,15,16,17). The molecule has 0 saturated heterocycles. The average Bonchev–Trinajstić information content (AvgIpc) is 3.15. The van der Waals surface area contributed by atoms with Crippen LogP contribution in [0.25, 0.3) is 0 Å². The topological polar surface area (TPSA) is 131 Å². The third-order valence-corrected chi connectivity index (χ3v) is 4.00. The third kappa shape index (κ3) is 3.09. The smallest absolute Gasteiger partial charge is 0.295 e. The Morgan fingerprint density at radius 2 is 2.14 bits per heavy atom. The van der Waals surface area contributed by atoms with Gasteiger partial charge >= 0.3 is 0 Å². The van der Waals surface area contributed by atoms with Crippen LogP contribution < -0.4 is 10.5 Å². The van der Waals surface area contributed by atoms with Gasteiger partial charge in [-0.2, -0.15) is 0 Å². The van der Waals surface area contributed by atoms with Gasteiger partial charge in [0.05, 0.1) is 4.90 Å². The monoisotopic (exact) mass is 307 g/mol. The number of aromatic amines is 1. The number of H-pyrrole nitrogens is 1. The van der Waals surface area contributed by atoms with Crippen LogP contribution in [-0.2, 0) is 10.0 Å². The van der Waals surface area contributed by atoms with Gasteiger partial charge in [0.1, 0.15) is 5.82 Å². The number of aromatic nitrogens is 3. The van der Waals surface area contributed by atoms with Gasteiger partial charge < -0.3 is 5.32 Å². The second-order valence-electron chi connectivity index (χ2n) is 4.85. The Balaban J connectivity index is 1.77. The Morgan fingerprint density at radius 3 is 2.81 bits per heavy atom. The molecule has 1 aliphatic rings. The molecule has 0 unspecified atom stereocenters. The molecule has 4 N–H and O–H groups in total. The molecular formula is C12H13N5O3S. The lowest BCUT2D eigenvalue weighted by atomic mass is 10.3. The number of carbonyl (C=O) groups excluding carboxylic acids is 1. The minimum absolute atomic E-state index is 0.0258. The summed E-state index contributed by atoms with van der Waals surface area (Å²) in [6, 6.07) is 5.68. The first kappa shape index (κ1) is 13.7. The number of benzene rings is 1. The Kier molecular flexibility index (Phi) is 3.22. The second kappa shape index (κ2) is 4.93. The van der Waals surface area contributed by atoms with Crippen molar-refractivity contribution in [1.82, 2.24) is 15.2 Å². The SMILES string of the molecule is NS(=O)(=O)c1cccc(NC(=O)c2n[nH]c(C3CC3)n2)c1. The molecule has 1 aromatic heterocycles. The summed E-state index contributed by atoms with van der Waals surface area (Å²) >= 11 is 0. The van der Waals surface area contributed by atoms with Crippen molar-refractivity contribution in [2.45, 2.75) is 23.7 Å². The minimum Gasteiger partial charge on any atom is -0.319 e. The van der Waals surface area contributed by atoms with E-state index < -0.39 is 15.9 Å². The van der Waals surface area contributed by atoms with Crippen molar-refractivity contribution >= 4 is 21.6 Å². The summed E-state index contributed by atoms with van der Waals surface area (Å²) in [5, 5.41) is 14.2. The first-order valence-electron chi connectivity index (χ1n) is 6.30. The van der Waals surface area contributed by atoms with E-state index in [4.69, 9.17) is 5.14 Å². The number of nitrogens with two attached hydrogens (primary N) is 1. The summed E-state index contributed by atoms with van der Waals surface area (Å²) in [4.78, 5) is 16.0. The van der Waals surface area contributed by atoms with Gasteiger partial charge in [0.2, 0.25) is 15.8 Å². The fourth-order valence-electron chi connectivity index (χ4n) is 1.85. The molecule has 8 nitrogen and oxygen atoms in total. The van der Waals surface area contributed by atoms with Crippen LogP contribution in [0.2, 0.25) is 0 Å². The molecule has 1 fully saturated rings. The molecule has 1 aromatic carbocycles. The average molecular weight is 307 g/mol. The first-order valence-corrected chi connectivity index (χ1v) is 7.84. The molecule has 110 valence electrons. The number of rotatable bonds is 4. The van der Waals surface area contributed by atoms with Crippen molar-refractivity contribution in [2.75, 3.05) is 5.32 Å². The van der Waals surface area contributed by atoms with Gasteiger partial charge in [0, 0.05) is 11.6 Å². The fourth-order valence-corrected chi connectivity index (χ4v) is 2.41. The molecule has 0 atom stereocenters. The molecule has 3 rings (SSSR count). The maximum absolute atomic E-state index is 12.0. The van der Waals surface area contributed by atoms with Gasteiger partial charge in [-0.05, 0) is 31.0 Å². The van der Waals surface area contributed by atoms with Crippen LogP contribution in [0.3, 0.4) is 0 Å². The number of hydrogen-bond acceptors (Lipinski definition) is 5. The van der Waals surface area contributed by atoms with E-state index in [2.05, 4.69) is 20.5 Å². The lowest BCUT2D eigenvalue weighted by Gasteiger charge is -2.04. The molecular weight excluding hydrogens is 294 g/mol. The zero-order valence-electron chi connectivity index (χ0n) is 10.9. The molecule has 0 bridgehead atoms. The molecule has 0 radical (unpaired) electrons. The van der Waals surface area contributed by atoms with E-state index in [1.165, 1.54) is 18.2 Å². The highest BCUT2D eigenvalue weighted by Crippen LogP contribution is 2.37. The quantitative estimate of drug-likeness (QED) is 0.760. The summed E-state index contributed by atoms with van der Waals surface area (Å²) in [6.45, 7) is 0. The highest BCUT2D eigenvalue weighted by molar-refractivity contribution is 7.89. The van der Waals surface area contributed by atoms with Gasteiger partial charge in [-0.25, -0.2) is 18.5 Å². The maximum Gasteiger partial charge on any atom is 0.295 e. The Hall–Kier alpha value is -2.26. The summed E-state index contributed by atoms with van der Waals surface area (Å²) in [5.74, 6) is 0.589. The number of sulfonamides is 1. The Morgan fingerprint density at radius 1 is 1.38 bits per heavy atom. The molecule has 2 aromatic rings. The number of nitrogens with zero attached hydrogens (tertiary/aromatic N) is 2. The van der Waals surface area contributed by atoms with Crippen LogP contribution in [-0.4, -0.2) is 29.5 Å². The predicted octanol–water partition coefficient (Wildman–Crippen LogP) is 0.582. The lowest BCUT2D eigenvalue weighted by Crippen LogP contribution is -2.15. The van der Waals surface area contributed by atoms with Gasteiger partial charge in [-0.15, -0.1) is 5.10 Å². The van der Waals surface area contributed by atoms with E-state index >= 15 is 0 Å². The maximum atomic E-state index is 12.0. The zero-order valence-corrected chi connectivity index (χ0v) is 11.7. The second-order valence-corrected chi connectivity index (χ2v) is 6.41. The van der Waals surface area contributed by atoms with E-state index in [1.54, 1.807) is 6.07 Å². The van der Waals surface area contributed by atoms with Crippen molar-refractivity contribution in [3.05, 3.63) is 35.9 Å². The van der Waals surface area contributed by atoms with Crippen LogP contribution in [0.15, 0.2) is 29.2 Å². The molecule has 21 heavy (non-hydrogen) atoms. The number of nitrogens with one attached hydrogen (secondary N) is 2. The Labute approximate surface area is 120 Å². The highest BCUT2D eigenvalue weighted by atomic mass is 32.2. The normalized spacial score (nSPS) is 14.9. The number of amides is 1. The Bertz CT molecular complexity index is 795. The van der Waals surface area contributed by atoms with Crippen molar-refractivity contribution in [3.8, 4) is 0 Å². The van der Waals surface area contributed by atoms with Crippen molar-refractivity contribution in [1.29, 1.82) is 0 Å².